The molecule has 0 aromatic carbocycles. The summed E-state index contributed by atoms with van der Waals surface area (Å²) in [6.45, 7) is 8.41. The van der Waals surface area contributed by atoms with Gasteiger partial charge in [0.05, 0.1) is 0 Å². The first-order chi connectivity index (χ1) is 7.41. The van der Waals surface area contributed by atoms with Crippen LogP contribution in [-0.4, -0.2) is 5.78 Å². The first-order valence-electron chi connectivity index (χ1n) is 5.94. The fraction of sp³-hybridized carbons (Fsp3) is 0.533. The Morgan fingerprint density at radius 2 is 1.81 bits per heavy atom. The summed E-state index contributed by atoms with van der Waals surface area (Å²) in [6.07, 6.45) is 11.0. The largest absolute Gasteiger partial charge is 0.294 e. The number of ketones is 1. The van der Waals surface area contributed by atoms with Gasteiger partial charge in [-0.15, -0.1) is 0 Å². The molecule has 0 spiro atoms. The van der Waals surface area contributed by atoms with Crippen molar-refractivity contribution < 1.29 is 4.79 Å². The molecular formula is C15H22O. The molecule has 0 aromatic heterocycles. The maximum Gasteiger partial charge on any atom is 0.162 e. The fourth-order valence-corrected chi connectivity index (χ4v) is 1.67. The summed E-state index contributed by atoms with van der Waals surface area (Å²) >= 11 is 0. The van der Waals surface area contributed by atoms with Gasteiger partial charge >= 0.3 is 0 Å². The summed E-state index contributed by atoms with van der Waals surface area (Å²) in [7, 11) is 0. The number of allylic oxidation sites excluding steroid dienone is 6. The van der Waals surface area contributed by atoms with E-state index in [1.54, 1.807) is 0 Å². The van der Waals surface area contributed by atoms with E-state index in [4.69, 9.17) is 0 Å². The molecule has 0 saturated heterocycles. The van der Waals surface area contributed by atoms with E-state index in [1.807, 2.05) is 13.0 Å². The predicted octanol–water partition coefficient (Wildman–Crippen LogP) is 4.21. The Labute approximate surface area is 98.9 Å². The molecule has 16 heavy (non-hydrogen) atoms. The van der Waals surface area contributed by atoms with Crippen LogP contribution in [0.25, 0.3) is 0 Å². The first-order valence-corrected chi connectivity index (χ1v) is 5.94. The Kier molecular flexibility index (Phi) is 4.28. The van der Waals surface area contributed by atoms with E-state index < -0.39 is 0 Å². The van der Waals surface area contributed by atoms with Crippen molar-refractivity contribution in [3.05, 3.63) is 35.5 Å². The van der Waals surface area contributed by atoms with Gasteiger partial charge in [0.2, 0.25) is 0 Å². The molecule has 1 rings (SSSR count). The molecule has 0 aromatic rings. The Morgan fingerprint density at radius 1 is 1.12 bits per heavy atom. The number of hydrogen-bond donors (Lipinski definition) is 0. The van der Waals surface area contributed by atoms with E-state index in [0.29, 0.717) is 6.42 Å². The lowest BCUT2D eigenvalue weighted by atomic mass is 9.87. The molecule has 0 fully saturated rings. The van der Waals surface area contributed by atoms with Crippen molar-refractivity contribution in [2.45, 2.75) is 47.0 Å². The van der Waals surface area contributed by atoms with Crippen LogP contribution in [0.15, 0.2) is 35.5 Å². The van der Waals surface area contributed by atoms with E-state index >= 15 is 0 Å². The normalized spacial score (nSPS) is 22.1. The molecule has 0 radical (unpaired) electrons. The van der Waals surface area contributed by atoms with Gasteiger partial charge in [-0.1, -0.05) is 43.7 Å². The maximum absolute atomic E-state index is 11.8. The van der Waals surface area contributed by atoms with E-state index in [1.165, 1.54) is 5.57 Å². The molecule has 1 aliphatic carbocycles. The Hall–Kier alpha value is -1.11. The van der Waals surface area contributed by atoms with Gasteiger partial charge in [-0.3, -0.25) is 4.79 Å². The minimum absolute atomic E-state index is 0.145. The smallest absolute Gasteiger partial charge is 0.162 e. The van der Waals surface area contributed by atoms with Crippen molar-refractivity contribution in [2.24, 2.45) is 5.41 Å². The standard InChI is InChI=1S/C15H22O/c1-12-6-5-10-15(3,4)11-9-13(2)14(16)8-7-12/h5,7,9-10H,6,8,11H2,1-4H3. The van der Waals surface area contributed by atoms with Crippen molar-refractivity contribution in [3.8, 4) is 0 Å². The summed E-state index contributed by atoms with van der Waals surface area (Å²) < 4.78 is 0. The van der Waals surface area contributed by atoms with Gasteiger partial charge in [0.1, 0.15) is 0 Å². The molecule has 0 heterocycles. The topological polar surface area (TPSA) is 17.1 Å². The van der Waals surface area contributed by atoms with Crippen LogP contribution in [0.3, 0.4) is 0 Å². The van der Waals surface area contributed by atoms with Gasteiger partial charge < -0.3 is 0 Å². The molecule has 0 amide bonds. The van der Waals surface area contributed by atoms with Crippen LogP contribution in [0, 0.1) is 5.41 Å². The zero-order valence-corrected chi connectivity index (χ0v) is 10.8. The zero-order chi connectivity index (χ0) is 12.2. The van der Waals surface area contributed by atoms with Crippen molar-refractivity contribution in [1.82, 2.24) is 0 Å². The van der Waals surface area contributed by atoms with Crippen LogP contribution >= 0.6 is 0 Å². The van der Waals surface area contributed by atoms with Gasteiger partial charge in [-0.05, 0) is 37.7 Å². The third kappa shape index (κ3) is 4.18. The SMILES string of the molecule is CC1=CCC(=O)C(C)=CCC(C)(C)C=CC1. The number of rotatable bonds is 0. The third-order valence-corrected chi connectivity index (χ3v) is 3.02. The van der Waals surface area contributed by atoms with Crippen molar-refractivity contribution in [3.63, 3.8) is 0 Å². The van der Waals surface area contributed by atoms with Gasteiger partial charge in [0.25, 0.3) is 0 Å². The summed E-state index contributed by atoms with van der Waals surface area (Å²) in [5.74, 6) is 0.247. The number of hydrogen-bond acceptors (Lipinski definition) is 1. The van der Waals surface area contributed by atoms with Crippen LogP contribution in [0.4, 0.5) is 0 Å². The zero-order valence-electron chi connectivity index (χ0n) is 10.8. The number of carbonyl (C=O) groups is 1. The molecule has 0 bridgehead atoms. The monoisotopic (exact) mass is 218 g/mol. The number of carbonyl (C=O) groups excluding carboxylic acids is 1. The van der Waals surface area contributed by atoms with Crippen LogP contribution in [-0.2, 0) is 4.79 Å². The Bertz CT molecular complexity index is 354. The lowest BCUT2D eigenvalue weighted by molar-refractivity contribution is -0.114. The van der Waals surface area contributed by atoms with Gasteiger partial charge in [0, 0.05) is 6.42 Å². The van der Waals surface area contributed by atoms with Crippen LogP contribution < -0.4 is 0 Å². The van der Waals surface area contributed by atoms with Crippen molar-refractivity contribution in [1.29, 1.82) is 0 Å². The molecule has 0 atom stereocenters. The summed E-state index contributed by atoms with van der Waals surface area (Å²) in [5.41, 5.74) is 2.31. The quantitative estimate of drug-likeness (QED) is 0.556. The molecular weight excluding hydrogens is 196 g/mol. The molecule has 0 N–H and O–H groups in total. The second kappa shape index (κ2) is 5.29. The summed E-state index contributed by atoms with van der Waals surface area (Å²) in [6, 6.07) is 0. The molecule has 1 nitrogen and oxygen atoms in total. The summed E-state index contributed by atoms with van der Waals surface area (Å²) in [5, 5.41) is 0. The lowest BCUT2D eigenvalue weighted by Crippen LogP contribution is -2.06. The molecule has 1 aliphatic rings. The number of Topliss-reactive ketones (excluding diaryl/α,β-unsaturated/α-hetero) is 1. The average Bonchev–Trinajstić information content (AvgIpc) is 2.22. The van der Waals surface area contributed by atoms with E-state index in [0.717, 1.165) is 18.4 Å². The average molecular weight is 218 g/mol. The minimum Gasteiger partial charge on any atom is -0.294 e. The summed E-state index contributed by atoms with van der Waals surface area (Å²) in [4.78, 5) is 11.8. The fourth-order valence-electron chi connectivity index (χ4n) is 1.67. The highest BCUT2D eigenvalue weighted by Crippen LogP contribution is 2.25. The predicted molar refractivity (Wildman–Crippen MR) is 69.3 cm³/mol. The highest BCUT2D eigenvalue weighted by atomic mass is 16.1. The van der Waals surface area contributed by atoms with Gasteiger partial charge in [0.15, 0.2) is 5.78 Å². The van der Waals surface area contributed by atoms with Gasteiger partial charge in [-0.25, -0.2) is 0 Å². The Balaban J connectivity index is 2.94. The van der Waals surface area contributed by atoms with E-state index in [2.05, 4.69) is 39.0 Å². The molecule has 88 valence electrons. The second-order valence-corrected chi connectivity index (χ2v) is 5.36. The maximum atomic E-state index is 11.8. The molecule has 0 saturated carbocycles. The molecule has 1 heteroatoms. The van der Waals surface area contributed by atoms with Crippen LogP contribution in [0.2, 0.25) is 0 Å². The Morgan fingerprint density at radius 3 is 2.50 bits per heavy atom. The molecule has 0 unspecified atom stereocenters. The highest BCUT2D eigenvalue weighted by Gasteiger charge is 2.13. The van der Waals surface area contributed by atoms with E-state index in [-0.39, 0.29) is 11.2 Å². The second-order valence-electron chi connectivity index (χ2n) is 5.36. The van der Waals surface area contributed by atoms with Crippen LogP contribution in [0.1, 0.15) is 47.0 Å². The minimum atomic E-state index is 0.145. The highest BCUT2D eigenvalue weighted by molar-refractivity contribution is 5.95. The van der Waals surface area contributed by atoms with Crippen LogP contribution in [0.5, 0.6) is 0 Å². The van der Waals surface area contributed by atoms with E-state index in [9.17, 15) is 4.79 Å². The van der Waals surface area contributed by atoms with Crippen molar-refractivity contribution >= 4 is 5.78 Å². The lowest BCUT2D eigenvalue weighted by Gasteiger charge is -2.18. The first kappa shape index (κ1) is 13.0. The molecule has 0 aliphatic heterocycles. The van der Waals surface area contributed by atoms with Crippen molar-refractivity contribution in [2.75, 3.05) is 0 Å². The van der Waals surface area contributed by atoms with Gasteiger partial charge in [-0.2, -0.15) is 0 Å². The third-order valence-electron chi connectivity index (χ3n) is 3.02.